The van der Waals surface area contributed by atoms with Crippen LogP contribution in [-0.2, 0) is 4.74 Å². The van der Waals surface area contributed by atoms with E-state index in [0.29, 0.717) is 22.6 Å². The van der Waals surface area contributed by atoms with Crippen LogP contribution < -0.4 is 0 Å². The fraction of sp³-hybridized carbons (Fsp3) is 0.158. The van der Waals surface area contributed by atoms with E-state index in [4.69, 9.17) is 4.74 Å². The van der Waals surface area contributed by atoms with Gasteiger partial charge in [0.25, 0.3) is 0 Å². The Morgan fingerprint density at radius 3 is 2.42 bits per heavy atom. The number of aromatic nitrogens is 2. The van der Waals surface area contributed by atoms with E-state index in [1.807, 2.05) is 59.4 Å². The van der Waals surface area contributed by atoms with Gasteiger partial charge in [-0.05, 0) is 38.1 Å². The second-order valence-corrected chi connectivity index (χ2v) is 5.27. The van der Waals surface area contributed by atoms with E-state index in [2.05, 4.69) is 6.07 Å². The number of hydrogen-bond acceptors (Lipinski definition) is 3. The molecule has 0 radical (unpaired) electrons. The molecular formula is C19H17N3O2. The molecule has 0 atom stereocenters. The minimum atomic E-state index is -0.436. The van der Waals surface area contributed by atoms with Crippen LogP contribution in [0, 0.1) is 18.3 Å². The lowest BCUT2D eigenvalue weighted by Gasteiger charge is -2.14. The molecule has 3 rings (SSSR count). The fourth-order valence-electron chi connectivity index (χ4n) is 2.80. The maximum Gasteiger partial charge on any atom is 0.355 e. The van der Waals surface area contributed by atoms with Crippen molar-refractivity contribution in [3.05, 3.63) is 71.7 Å². The number of nitriles is 1. The smallest absolute Gasteiger partial charge is 0.355 e. The molecule has 0 aliphatic heterocycles. The van der Waals surface area contributed by atoms with Gasteiger partial charge in [0.15, 0.2) is 0 Å². The molecule has 2 aromatic heterocycles. The first-order chi connectivity index (χ1) is 11.7. The summed E-state index contributed by atoms with van der Waals surface area (Å²) < 4.78 is 8.84. The molecule has 0 amide bonds. The highest BCUT2D eigenvalue weighted by atomic mass is 16.5. The molecule has 0 N–H and O–H groups in total. The van der Waals surface area contributed by atoms with Gasteiger partial charge < -0.3 is 9.30 Å². The molecule has 0 saturated heterocycles. The zero-order chi connectivity index (χ0) is 17.1. The van der Waals surface area contributed by atoms with Gasteiger partial charge in [-0.3, -0.25) is 4.57 Å². The van der Waals surface area contributed by atoms with Crippen LogP contribution in [0.1, 0.15) is 28.5 Å². The lowest BCUT2D eigenvalue weighted by molar-refractivity contribution is 0.0516. The molecule has 120 valence electrons. The van der Waals surface area contributed by atoms with Gasteiger partial charge in [0.1, 0.15) is 17.6 Å². The van der Waals surface area contributed by atoms with Gasteiger partial charge in [-0.15, -0.1) is 0 Å². The average Bonchev–Trinajstić information content (AvgIpc) is 3.21. The van der Waals surface area contributed by atoms with Crippen LogP contribution in [0.3, 0.4) is 0 Å². The van der Waals surface area contributed by atoms with Crippen LogP contribution in [0.4, 0.5) is 0 Å². The molecular weight excluding hydrogens is 302 g/mol. The monoisotopic (exact) mass is 319 g/mol. The van der Waals surface area contributed by atoms with Crippen LogP contribution in [0.2, 0.25) is 0 Å². The molecule has 0 fully saturated rings. The number of nitrogens with zero attached hydrogens (tertiary/aromatic N) is 3. The molecule has 0 unspecified atom stereocenters. The Hall–Kier alpha value is -3.26. The zero-order valence-electron chi connectivity index (χ0n) is 13.6. The third-order valence-corrected chi connectivity index (χ3v) is 3.83. The molecule has 1 aromatic carbocycles. The highest BCUT2D eigenvalue weighted by molar-refractivity contribution is 5.92. The quantitative estimate of drug-likeness (QED) is 0.690. The molecule has 0 aliphatic rings. The zero-order valence-corrected chi connectivity index (χ0v) is 13.6. The Morgan fingerprint density at radius 1 is 1.17 bits per heavy atom. The van der Waals surface area contributed by atoms with E-state index in [9.17, 15) is 10.1 Å². The first-order valence-electron chi connectivity index (χ1n) is 7.70. The summed E-state index contributed by atoms with van der Waals surface area (Å²) in [5.41, 5.74) is 2.25. The Morgan fingerprint density at radius 2 is 1.83 bits per heavy atom. The molecule has 0 spiro atoms. The summed E-state index contributed by atoms with van der Waals surface area (Å²) in [6.07, 6.45) is 3.70. The van der Waals surface area contributed by atoms with E-state index >= 15 is 0 Å². The van der Waals surface area contributed by atoms with Crippen molar-refractivity contribution in [3.63, 3.8) is 0 Å². The summed E-state index contributed by atoms with van der Waals surface area (Å²) in [5.74, 6) is 0.197. The molecule has 24 heavy (non-hydrogen) atoms. The van der Waals surface area contributed by atoms with Crippen LogP contribution >= 0.6 is 0 Å². The van der Waals surface area contributed by atoms with Crippen LogP contribution in [0.5, 0.6) is 0 Å². The van der Waals surface area contributed by atoms with Gasteiger partial charge in [0.2, 0.25) is 0 Å². The molecule has 3 aromatic rings. The van der Waals surface area contributed by atoms with Gasteiger partial charge in [-0.25, -0.2) is 4.79 Å². The van der Waals surface area contributed by atoms with Gasteiger partial charge in [0.05, 0.1) is 12.2 Å². The lowest BCUT2D eigenvalue weighted by atomic mass is 10.1. The average molecular weight is 319 g/mol. The van der Waals surface area contributed by atoms with E-state index in [0.717, 1.165) is 5.69 Å². The normalized spacial score (nSPS) is 10.4. The van der Waals surface area contributed by atoms with Gasteiger partial charge in [0, 0.05) is 23.6 Å². The minimum Gasteiger partial charge on any atom is -0.461 e. The standard InChI is InChI=1S/C19H17N3O2/c1-3-24-19(23)17-14(2)16(13-20)18(21-11-7-8-12-21)22(17)15-9-5-4-6-10-15/h4-12H,3H2,1-2H3. The Bertz CT molecular complexity index is 900. The highest BCUT2D eigenvalue weighted by Crippen LogP contribution is 2.30. The maximum atomic E-state index is 12.5. The molecule has 2 heterocycles. The fourth-order valence-corrected chi connectivity index (χ4v) is 2.80. The summed E-state index contributed by atoms with van der Waals surface area (Å²) in [7, 11) is 0. The van der Waals surface area contributed by atoms with E-state index < -0.39 is 5.97 Å². The Kier molecular flexibility index (Phi) is 4.21. The number of benzene rings is 1. The summed E-state index contributed by atoms with van der Waals surface area (Å²) in [4.78, 5) is 12.5. The Labute approximate surface area is 140 Å². The van der Waals surface area contributed by atoms with Crippen molar-refractivity contribution in [1.29, 1.82) is 5.26 Å². The second kappa shape index (κ2) is 6.47. The topological polar surface area (TPSA) is 60.0 Å². The van der Waals surface area contributed by atoms with Crippen molar-refractivity contribution in [2.24, 2.45) is 0 Å². The minimum absolute atomic E-state index is 0.277. The Balaban J connectivity index is 2.38. The van der Waals surface area contributed by atoms with Gasteiger partial charge >= 0.3 is 5.97 Å². The predicted octanol–water partition coefficient (Wildman–Crippen LogP) is 3.62. The van der Waals surface area contributed by atoms with Crippen LogP contribution in [0.25, 0.3) is 11.5 Å². The first-order valence-corrected chi connectivity index (χ1v) is 7.70. The van der Waals surface area contributed by atoms with Crippen molar-refractivity contribution >= 4 is 5.97 Å². The number of carbonyl (C=O) groups is 1. The first kappa shape index (κ1) is 15.6. The SMILES string of the molecule is CCOC(=O)c1c(C)c(C#N)c(-n2cccc2)n1-c1ccccc1. The third kappa shape index (κ3) is 2.48. The molecule has 0 aliphatic carbocycles. The molecule has 5 heteroatoms. The second-order valence-electron chi connectivity index (χ2n) is 5.27. The molecule has 0 saturated carbocycles. The number of carbonyl (C=O) groups excluding carboxylic acids is 1. The van der Waals surface area contributed by atoms with Crippen molar-refractivity contribution in [3.8, 4) is 17.6 Å². The summed E-state index contributed by atoms with van der Waals surface area (Å²) in [5, 5.41) is 9.67. The lowest BCUT2D eigenvalue weighted by Crippen LogP contribution is -2.14. The summed E-state index contributed by atoms with van der Waals surface area (Å²) >= 11 is 0. The predicted molar refractivity (Wildman–Crippen MR) is 90.5 cm³/mol. The van der Waals surface area contributed by atoms with Gasteiger partial charge in [-0.2, -0.15) is 5.26 Å². The molecule has 5 nitrogen and oxygen atoms in total. The largest absolute Gasteiger partial charge is 0.461 e. The number of para-hydroxylation sites is 1. The van der Waals surface area contributed by atoms with Crippen molar-refractivity contribution < 1.29 is 9.53 Å². The van der Waals surface area contributed by atoms with Gasteiger partial charge in [-0.1, -0.05) is 18.2 Å². The van der Waals surface area contributed by atoms with E-state index in [1.165, 1.54) is 0 Å². The number of ether oxygens (including phenoxy) is 1. The van der Waals surface area contributed by atoms with Crippen molar-refractivity contribution in [2.75, 3.05) is 6.61 Å². The summed E-state index contributed by atoms with van der Waals surface area (Å²) in [6.45, 7) is 3.82. The van der Waals surface area contributed by atoms with E-state index in [1.54, 1.807) is 18.4 Å². The number of esters is 1. The highest BCUT2D eigenvalue weighted by Gasteiger charge is 2.27. The molecule has 0 bridgehead atoms. The van der Waals surface area contributed by atoms with E-state index in [-0.39, 0.29) is 6.61 Å². The number of rotatable bonds is 4. The van der Waals surface area contributed by atoms with Crippen LogP contribution in [-0.4, -0.2) is 21.7 Å². The van der Waals surface area contributed by atoms with Crippen molar-refractivity contribution in [2.45, 2.75) is 13.8 Å². The third-order valence-electron chi connectivity index (χ3n) is 3.83. The summed E-state index contributed by atoms with van der Waals surface area (Å²) in [6, 6.07) is 15.5. The maximum absolute atomic E-state index is 12.5. The number of hydrogen-bond donors (Lipinski definition) is 0. The van der Waals surface area contributed by atoms with Crippen LogP contribution in [0.15, 0.2) is 54.9 Å². The van der Waals surface area contributed by atoms with Crippen molar-refractivity contribution in [1.82, 2.24) is 9.13 Å².